The molecule has 2 rings (SSSR count). The topological polar surface area (TPSA) is 49.8 Å². The van der Waals surface area contributed by atoms with Crippen molar-refractivity contribution in [2.45, 2.75) is 18.9 Å². The summed E-state index contributed by atoms with van der Waals surface area (Å²) in [5.41, 5.74) is 0.495. The molecule has 1 aliphatic rings. The van der Waals surface area contributed by atoms with Crippen molar-refractivity contribution in [1.82, 2.24) is 4.90 Å². The van der Waals surface area contributed by atoms with Gasteiger partial charge in [-0.25, -0.2) is 0 Å². The number of carbonyl (C=O) groups excluding carboxylic acids is 1. The van der Waals surface area contributed by atoms with Crippen LogP contribution in [-0.4, -0.2) is 42.2 Å². The van der Waals surface area contributed by atoms with E-state index in [2.05, 4.69) is 0 Å². The van der Waals surface area contributed by atoms with Gasteiger partial charge in [0.25, 0.3) is 5.91 Å². The van der Waals surface area contributed by atoms with Crippen LogP contribution in [0.4, 0.5) is 0 Å². The number of piperidine rings is 1. The maximum absolute atomic E-state index is 12.3. The lowest BCUT2D eigenvalue weighted by Gasteiger charge is -2.32. The molecule has 18 heavy (non-hydrogen) atoms. The predicted octanol–water partition coefficient (Wildman–Crippen LogP) is 2.30. The zero-order chi connectivity index (χ0) is 13.1. The average molecular weight is 270 g/mol. The molecule has 0 aromatic heterocycles. The number of phenolic OH excluding ortho intramolecular Hbond substituents is 1. The van der Waals surface area contributed by atoms with E-state index in [1.807, 2.05) is 0 Å². The van der Waals surface area contributed by atoms with Crippen molar-refractivity contribution in [2.24, 2.45) is 0 Å². The molecule has 1 fully saturated rings. The summed E-state index contributed by atoms with van der Waals surface area (Å²) in [6.45, 7) is 1.34. The number of amides is 1. The Morgan fingerprint density at radius 1 is 1.56 bits per heavy atom. The summed E-state index contributed by atoms with van der Waals surface area (Å²) in [6, 6.07) is 4.52. The van der Waals surface area contributed by atoms with Gasteiger partial charge in [-0.2, -0.15) is 0 Å². The van der Waals surface area contributed by atoms with Crippen LogP contribution < -0.4 is 0 Å². The van der Waals surface area contributed by atoms with Crippen LogP contribution >= 0.6 is 11.6 Å². The van der Waals surface area contributed by atoms with E-state index >= 15 is 0 Å². The Morgan fingerprint density at radius 3 is 3.00 bits per heavy atom. The number of aromatic hydroxyl groups is 1. The number of phenols is 1. The second-order valence-electron chi connectivity index (χ2n) is 4.42. The van der Waals surface area contributed by atoms with Gasteiger partial charge in [0, 0.05) is 25.8 Å². The largest absolute Gasteiger partial charge is 0.506 e. The molecular formula is C13H16ClNO3. The van der Waals surface area contributed by atoms with Crippen molar-refractivity contribution in [3.63, 3.8) is 0 Å². The Hall–Kier alpha value is -1.26. The van der Waals surface area contributed by atoms with Gasteiger partial charge in [0.2, 0.25) is 0 Å². The Labute approximate surface area is 111 Å². The van der Waals surface area contributed by atoms with E-state index in [1.165, 1.54) is 12.1 Å². The molecule has 1 atom stereocenters. The highest BCUT2D eigenvalue weighted by atomic mass is 35.5. The number of carbonyl (C=O) groups is 1. The molecule has 1 amide bonds. The van der Waals surface area contributed by atoms with Crippen LogP contribution in [0.5, 0.6) is 5.75 Å². The van der Waals surface area contributed by atoms with E-state index in [4.69, 9.17) is 16.3 Å². The van der Waals surface area contributed by atoms with Crippen molar-refractivity contribution in [2.75, 3.05) is 20.2 Å². The van der Waals surface area contributed by atoms with Crippen molar-refractivity contribution < 1.29 is 14.6 Å². The smallest absolute Gasteiger partial charge is 0.253 e. The lowest BCUT2D eigenvalue weighted by molar-refractivity contribution is 0.0269. The van der Waals surface area contributed by atoms with Crippen LogP contribution in [0, 0.1) is 0 Å². The first-order valence-corrected chi connectivity index (χ1v) is 6.30. The maximum Gasteiger partial charge on any atom is 0.253 e. The van der Waals surface area contributed by atoms with E-state index in [0.29, 0.717) is 12.1 Å². The minimum absolute atomic E-state index is 0.0124. The SMILES string of the molecule is COC1CCCN(C(=O)c2ccc(O)c(Cl)c2)C1. The van der Waals surface area contributed by atoms with Gasteiger partial charge < -0.3 is 14.7 Å². The molecule has 5 heteroatoms. The minimum Gasteiger partial charge on any atom is -0.506 e. The number of hydrogen-bond donors (Lipinski definition) is 1. The van der Waals surface area contributed by atoms with Crippen LogP contribution in [0.1, 0.15) is 23.2 Å². The first kappa shape index (κ1) is 13.2. The number of halogens is 1. The number of ether oxygens (including phenoxy) is 1. The fraction of sp³-hybridized carbons (Fsp3) is 0.462. The fourth-order valence-electron chi connectivity index (χ4n) is 2.14. The van der Waals surface area contributed by atoms with Gasteiger partial charge in [0.1, 0.15) is 5.75 Å². The lowest BCUT2D eigenvalue weighted by Crippen LogP contribution is -2.42. The molecular weight excluding hydrogens is 254 g/mol. The zero-order valence-electron chi connectivity index (χ0n) is 10.2. The van der Waals surface area contributed by atoms with Crippen LogP contribution in [0.15, 0.2) is 18.2 Å². The van der Waals surface area contributed by atoms with Gasteiger partial charge in [0.15, 0.2) is 0 Å². The minimum atomic E-state index is -0.0707. The Morgan fingerprint density at radius 2 is 2.33 bits per heavy atom. The number of hydrogen-bond acceptors (Lipinski definition) is 3. The first-order valence-electron chi connectivity index (χ1n) is 5.92. The normalized spacial score (nSPS) is 19.9. The molecule has 1 heterocycles. The van der Waals surface area contributed by atoms with E-state index in [-0.39, 0.29) is 22.8 Å². The summed E-state index contributed by atoms with van der Waals surface area (Å²) in [6.07, 6.45) is 2.03. The Balaban J connectivity index is 2.12. The third-order valence-corrected chi connectivity index (χ3v) is 3.50. The first-order chi connectivity index (χ1) is 8.61. The molecule has 1 aliphatic heterocycles. The molecule has 0 spiro atoms. The molecule has 0 bridgehead atoms. The maximum atomic E-state index is 12.3. The van der Waals surface area contributed by atoms with Gasteiger partial charge in [0.05, 0.1) is 11.1 Å². The van der Waals surface area contributed by atoms with Gasteiger partial charge in [-0.3, -0.25) is 4.79 Å². The van der Waals surface area contributed by atoms with Gasteiger partial charge in [-0.1, -0.05) is 11.6 Å². The summed E-state index contributed by atoms with van der Waals surface area (Å²) in [7, 11) is 1.66. The van der Waals surface area contributed by atoms with E-state index in [9.17, 15) is 9.90 Å². The lowest BCUT2D eigenvalue weighted by atomic mass is 10.1. The second-order valence-corrected chi connectivity index (χ2v) is 4.82. The molecule has 1 aromatic carbocycles. The summed E-state index contributed by atoms with van der Waals surface area (Å²) in [4.78, 5) is 14.0. The van der Waals surface area contributed by atoms with E-state index in [0.717, 1.165) is 19.4 Å². The molecule has 1 unspecified atom stereocenters. The standard InChI is InChI=1S/C13H16ClNO3/c1-18-10-3-2-6-15(8-10)13(17)9-4-5-12(16)11(14)7-9/h4-5,7,10,16H,2-3,6,8H2,1H3. The molecule has 4 nitrogen and oxygen atoms in total. The van der Waals surface area contributed by atoms with Crippen LogP contribution in [-0.2, 0) is 4.74 Å². The van der Waals surface area contributed by atoms with Crippen LogP contribution in [0.2, 0.25) is 5.02 Å². The third-order valence-electron chi connectivity index (χ3n) is 3.19. The van der Waals surface area contributed by atoms with Crippen LogP contribution in [0.25, 0.3) is 0 Å². The monoisotopic (exact) mass is 269 g/mol. The van der Waals surface area contributed by atoms with E-state index < -0.39 is 0 Å². The van der Waals surface area contributed by atoms with Gasteiger partial charge in [-0.15, -0.1) is 0 Å². The highest BCUT2D eigenvalue weighted by molar-refractivity contribution is 6.32. The molecule has 1 saturated heterocycles. The van der Waals surface area contributed by atoms with Gasteiger partial charge >= 0.3 is 0 Å². The van der Waals surface area contributed by atoms with Crippen molar-refractivity contribution in [3.05, 3.63) is 28.8 Å². The Kier molecular flexibility index (Phi) is 4.09. The van der Waals surface area contributed by atoms with Gasteiger partial charge in [-0.05, 0) is 31.0 Å². The highest BCUT2D eigenvalue weighted by Crippen LogP contribution is 2.25. The molecule has 0 aliphatic carbocycles. The quantitative estimate of drug-likeness (QED) is 0.896. The predicted molar refractivity (Wildman–Crippen MR) is 69.1 cm³/mol. The molecule has 0 radical (unpaired) electrons. The number of nitrogens with zero attached hydrogens (tertiary/aromatic N) is 1. The summed E-state index contributed by atoms with van der Waals surface area (Å²) in [5, 5.41) is 9.53. The average Bonchev–Trinajstić information content (AvgIpc) is 2.41. The second kappa shape index (κ2) is 5.59. The van der Waals surface area contributed by atoms with Crippen LogP contribution in [0.3, 0.4) is 0 Å². The number of benzene rings is 1. The highest BCUT2D eigenvalue weighted by Gasteiger charge is 2.24. The van der Waals surface area contributed by atoms with Crippen molar-refractivity contribution in [3.8, 4) is 5.75 Å². The summed E-state index contributed by atoms with van der Waals surface area (Å²) >= 11 is 5.81. The van der Waals surface area contributed by atoms with Crippen molar-refractivity contribution in [1.29, 1.82) is 0 Å². The van der Waals surface area contributed by atoms with Crippen molar-refractivity contribution >= 4 is 17.5 Å². The zero-order valence-corrected chi connectivity index (χ0v) is 11.0. The number of rotatable bonds is 2. The number of likely N-dealkylation sites (tertiary alicyclic amines) is 1. The summed E-state index contributed by atoms with van der Waals surface area (Å²) in [5.74, 6) is -0.0831. The molecule has 1 aromatic rings. The van der Waals surface area contributed by atoms with E-state index in [1.54, 1.807) is 18.1 Å². The Bertz CT molecular complexity index is 450. The third kappa shape index (κ3) is 2.76. The molecule has 98 valence electrons. The summed E-state index contributed by atoms with van der Waals surface area (Å²) < 4.78 is 5.29. The molecule has 1 N–H and O–H groups in total. The molecule has 0 saturated carbocycles. The fourth-order valence-corrected chi connectivity index (χ4v) is 2.32. The number of methoxy groups -OCH3 is 1.